The molecule has 0 unspecified atom stereocenters. The van der Waals surface area contributed by atoms with E-state index in [0.717, 1.165) is 12.8 Å². The first-order chi connectivity index (χ1) is 6.90. The molecule has 0 spiro atoms. The van der Waals surface area contributed by atoms with Crippen LogP contribution >= 0.6 is 0 Å². The van der Waals surface area contributed by atoms with Crippen LogP contribution in [0, 0.1) is 0 Å². The molecule has 0 saturated heterocycles. The van der Waals surface area contributed by atoms with Crippen LogP contribution in [-0.4, -0.2) is 4.98 Å². The number of aromatic nitrogens is 1. The number of allylic oxidation sites excluding steroid dienone is 4. The molecule has 1 aliphatic rings. The lowest BCUT2D eigenvalue weighted by atomic mass is 10.00. The molecule has 72 valence electrons. The maximum absolute atomic E-state index is 4.26. The Hall–Kier alpha value is -1.37. The molecular formula is C13H15N. The lowest BCUT2D eigenvalue weighted by Crippen LogP contribution is -1.90. The van der Waals surface area contributed by atoms with Gasteiger partial charge in [0.25, 0.3) is 0 Å². The van der Waals surface area contributed by atoms with Crippen molar-refractivity contribution in [2.24, 2.45) is 0 Å². The number of nitrogens with zero attached hydrogens (tertiary/aromatic N) is 1. The van der Waals surface area contributed by atoms with Crippen LogP contribution in [0.1, 0.15) is 30.9 Å². The van der Waals surface area contributed by atoms with Crippen LogP contribution in [0.15, 0.2) is 36.7 Å². The van der Waals surface area contributed by atoms with Gasteiger partial charge in [-0.25, -0.2) is 0 Å². The van der Waals surface area contributed by atoms with E-state index in [4.69, 9.17) is 0 Å². The van der Waals surface area contributed by atoms with E-state index in [2.05, 4.69) is 36.2 Å². The molecule has 0 aromatic carbocycles. The van der Waals surface area contributed by atoms with Crippen molar-refractivity contribution in [3.05, 3.63) is 47.8 Å². The molecule has 1 nitrogen and oxygen atoms in total. The van der Waals surface area contributed by atoms with Gasteiger partial charge < -0.3 is 0 Å². The zero-order valence-corrected chi connectivity index (χ0v) is 8.53. The van der Waals surface area contributed by atoms with Crippen molar-refractivity contribution in [1.29, 1.82) is 0 Å². The molecular weight excluding hydrogens is 170 g/mol. The number of rotatable bonds is 2. The van der Waals surface area contributed by atoms with E-state index in [1.54, 1.807) is 0 Å². The first-order valence-electron chi connectivity index (χ1n) is 5.21. The highest BCUT2D eigenvalue weighted by Crippen LogP contribution is 2.21. The average Bonchev–Trinajstić information content (AvgIpc) is 2.30. The van der Waals surface area contributed by atoms with Gasteiger partial charge in [0.2, 0.25) is 0 Å². The summed E-state index contributed by atoms with van der Waals surface area (Å²) in [6.07, 6.45) is 14.0. The number of hydrogen-bond donors (Lipinski definition) is 0. The van der Waals surface area contributed by atoms with Gasteiger partial charge in [-0.15, -0.1) is 0 Å². The van der Waals surface area contributed by atoms with Crippen LogP contribution in [0.2, 0.25) is 0 Å². The molecule has 0 radical (unpaired) electrons. The van der Waals surface area contributed by atoms with Gasteiger partial charge in [-0.2, -0.15) is 0 Å². The van der Waals surface area contributed by atoms with Gasteiger partial charge in [0.05, 0.1) is 0 Å². The molecule has 0 atom stereocenters. The van der Waals surface area contributed by atoms with Crippen LogP contribution in [0.25, 0.3) is 5.57 Å². The SMILES string of the molecule is CCc1cncc(C2=CCCC=C2)c1. The first kappa shape index (κ1) is 9.20. The second kappa shape index (κ2) is 4.23. The Bertz CT molecular complexity index is 375. The Morgan fingerprint density at radius 3 is 2.93 bits per heavy atom. The van der Waals surface area contributed by atoms with Gasteiger partial charge in [-0.05, 0) is 42.0 Å². The second-order valence-corrected chi connectivity index (χ2v) is 3.57. The smallest absolute Gasteiger partial charge is 0.0346 e. The zero-order chi connectivity index (χ0) is 9.80. The van der Waals surface area contributed by atoms with E-state index in [1.165, 1.54) is 23.1 Å². The largest absolute Gasteiger partial charge is 0.264 e. The van der Waals surface area contributed by atoms with Crippen molar-refractivity contribution in [3.63, 3.8) is 0 Å². The van der Waals surface area contributed by atoms with Gasteiger partial charge in [0.15, 0.2) is 0 Å². The van der Waals surface area contributed by atoms with Gasteiger partial charge in [0, 0.05) is 12.4 Å². The summed E-state index contributed by atoms with van der Waals surface area (Å²) < 4.78 is 0. The normalized spacial score (nSPS) is 15.4. The fourth-order valence-electron chi connectivity index (χ4n) is 1.67. The quantitative estimate of drug-likeness (QED) is 0.688. The summed E-state index contributed by atoms with van der Waals surface area (Å²) in [5, 5.41) is 0. The molecule has 1 aromatic rings. The van der Waals surface area contributed by atoms with Crippen LogP contribution < -0.4 is 0 Å². The van der Waals surface area contributed by atoms with E-state index in [-0.39, 0.29) is 0 Å². The Kier molecular flexibility index (Phi) is 2.78. The highest BCUT2D eigenvalue weighted by molar-refractivity contribution is 5.74. The van der Waals surface area contributed by atoms with Crippen molar-refractivity contribution in [3.8, 4) is 0 Å². The zero-order valence-electron chi connectivity index (χ0n) is 8.53. The minimum absolute atomic E-state index is 1.05. The predicted molar refractivity (Wildman–Crippen MR) is 60.0 cm³/mol. The van der Waals surface area contributed by atoms with Crippen molar-refractivity contribution in [2.45, 2.75) is 26.2 Å². The van der Waals surface area contributed by atoms with Crippen LogP contribution in [0.4, 0.5) is 0 Å². The Balaban J connectivity index is 2.31. The molecule has 1 heterocycles. The van der Waals surface area contributed by atoms with Gasteiger partial charge in [0.1, 0.15) is 0 Å². The van der Waals surface area contributed by atoms with Crippen LogP contribution in [0.5, 0.6) is 0 Å². The summed E-state index contributed by atoms with van der Waals surface area (Å²) in [5.41, 5.74) is 3.88. The van der Waals surface area contributed by atoms with Gasteiger partial charge in [-0.3, -0.25) is 4.98 Å². The topological polar surface area (TPSA) is 12.9 Å². The lowest BCUT2D eigenvalue weighted by molar-refractivity contribution is 1.04. The standard InChI is InChI=1S/C13H15N/c1-2-11-8-13(10-14-9-11)12-6-4-3-5-7-12/h4,6-10H,2-3,5H2,1H3. The molecule has 1 aromatic heterocycles. The highest BCUT2D eigenvalue weighted by Gasteiger charge is 2.01. The summed E-state index contributed by atoms with van der Waals surface area (Å²) in [4.78, 5) is 4.26. The second-order valence-electron chi connectivity index (χ2n) is 3.57. The average molecular weight is 185 g/mol. The minimum Gasteiger partial charge on any atom is -0.264 e. The summed E-state index contributed by atoms with van der Waals surface area (Å²) in [6, 6.07) is 2.23. The third-order valence-corrected chi connectivity index (χ3v) is 2.53. The maximum Gasteiger partial charge on any atom is 0.0346 e. The Morgan fingerprint density at radius 1 is 1.29 bits per heavy atom. The van der Waals surface area contributed by atoms with Crippen molar-refractivity contribution < 1.29 is 0 Å². The number of aryl methyl sites for hydroxylation is 1. The molecule has 0 saturated carbocycles. The van der Waals surface area contributed by atoms with E-state index in [0.29, 0.717) is 0 Å². The summed E-state index contributed by atoms with van der Waals surface area (Å²) >= 11 is 0. The highest BCUT2D eigenvalue weighted by atomic mass is 14.6. The summed E-state index contributed by atoms with van der Waals surface area (Å²) in [7, 11) is 0. The van der Waals surface area contributed by atoms with E-state index >= 15 is 0 Å². The third kappa shape index (κ3) is 1.92. The van der Waals surface area contributed by atoms with Crippen molar-refractivity contribution >= 4 is 5.57 Å². The van der Waals surface area contributed by atoms with Gasteiger partial charge >= 0.3 is 0 Å². The van der Waals surface area contributed by atoms with E-state index in [9.17, 15) is 0 Å². The van der Waals surface area contributed by atoms with Gasteiger partial charge in [-0.1, -0.05) is 25.2 Å². The lowest BCUT2D eigenvalue weighted by Gasteiger charge is -2.07. The maximum atomic E-state index is 4.26. The summed E-state index contributed by atoms with van der Waals surface area (Å²) in [5.74, 6) is 0. The molecule has 0 bridgehead atoms. The molecule has 1 aliphatic carbocycles. The Labute approximate surface area is 85.2 Å². The molecule has 2 rings (SSSR count). The molecule has 0 aliphatic heterocycles. The monoisotopic (exact) mass is 185 g/mol. The predicted octanol–water partition coefficient (Wildman–Crippen LogP) is 3.38. The Morgan fingerprint density at radius 2 is 2.21 bits per heavy atom. The number of pyridine rings is 1. The van der Waals surface area contributed by atoms with Crippen molar-refractivity contribution in [1.82, 2.24) is 4.98 Å². The fourth-order valence-corrected chi connectivity index (χ4v) is 1.67. The molecule has 0 N–H and O–H groups in total. The molecule has 0 amide bonds. The molecule has 0 fully saturated rings. The summed E-state index contributed by atoms with van der Waals surface area (Å²) in [6.45, 7) is 2.16. The van der Waals surface area contributed by atoms with Crippen molar-refractivity contribution in [2.75, 3.05) is 0 Å². The minimum atomic E-state index is 1.05. The van der Waals surface area contributed by atoms with E-state index < -0.39 is 0 Å². The van der Waals surface area contributed by atoms with Crippen LogP contribution in [0.3, 0.4) is 0 Å². The fraction of sp³-hybridized carbons (Fsp3) is 0.308. The molecule has 1 heteroatoms. The first-order valence-corrected chi connectivity index (χ1v) is 5.21. The van der Waals surface area contributed by atoms with E-state index in [1.807, 2.05) is 12.4 Å². The number of hydrogen-bond acceptors (Lipinski definition) is 1. The van der Waals surface area contributed by atoms with Crippen LogP contribution in [-0.2, 0) is 6.42 Å². The third-order valence-electron chi connectivity index (χ3n) is 2.53. The molecule has 14 heavy (non-hydrogen) atoms.